The van der Waals surface area contributed by atoms with Crippen molar-refractivity contribution in [2.75, 3.05) is 13.1 Å². The second kappa shape index (κ2) is 8.33. The van der Waals surface area contributed by atoms with Crippen LogP contribution < -0.4 is 5.32 Å². The van der Waals surface area contributed by atoms with E-state index >= 15 is 0 Å². The highest BCUT2D eigenvalue weighted by molar-refractivity contribution is 9.10. The van der Waals surface area contributed by atoms with Gasteiger partial charge in [-0.2, -0.15) is 5.10 Å². The minimum Gasteiger partial charge on any atom is -0.317 e. The van der Waals surface area contributed by atoms with E-state index in [2.05, 4.69) is 46.7 Å². The minimum atomic E-state index is 0.746. The summed E-state index contributed by atoms with van der Waals surface area (Å²) in [5.41, 5.74) is 2.62. The van der Waals surface area contributed by atoms with Gasteiger partial charge in [0.05, 0.1) is 15.9 Å². The van der Waals surface area contributed by atoms with Crippen molar-refractivity contribution < 1.29 is 0 Å². The molecule has 1 atom stereocenters. The molecule has 0 radical (unpaired) electrons. The van der Waals surface area contributed by atoms with Crippen molar-refractivity contribution in [3.05, 3.63) is 15.9 Å². The third kappa shape index (κ3) is 4.10. The van der Waals surface area contributed by atoms with Gasteiger partial charge in [0.2, 0.25) is 0 Å². The molecule has 0 spiro atoms. The Hall–Kier alpha value is -0.350. The van der Waals surface area contributed by atoms with E-state index in [0.717, 1.165) is 44.3 Å². The highest BCUT2D eigenvalue weighted by Crippen LogP contribution is 2.35. The zero-order chi connectivity index (χ0) is 15.2. The van der Waals surface area contributed by atoms with E-state index in [1.165, 1.54) is 41.5 Å². The van der Waals surface area contributed by atoms with Crippen LogP contribution in [0, 0.1) is 11.8 Å². The molecule has 0 saturated heterocycles. The first kappa shape index (κ1) is 17.0. The Labute approximate surface area is 138 Å². The van der Waals surface area contributed by atoms with Gasteiger partial charge in [0.25, 0.3) is 0 Å². The van der Waals surface area contributed by atoms with Gasteiger partial charge in [0.15, 0.2) is 0 Å². The van der Waals surface area contributed by atoms with Gasteiger partial charge in [-0.05, 0) is 60.6 Å². The Morgan fingerprint density at radius 2 is 2.00 bits per heavy atom. The molecule has 3 nitrogen and oxygen atoms in total. The normalized spacial score (nSPS) is 17.5. The van der Waals surface area contributed by atoms with E-state index in [-0.39, 0.29) is 0 Å². The lowest BCUT2D eigenvalue weighted by molar-refractivity contribution is 0.316. The molecule has 0 bridgehead atoms. The summed E-state index contributed by atoms with van der Waals surface area (Å²) in [7, 11) is 0. The molecule has 1 unspecified atom stereocenters. The van der Waals surface area contributed by atoms with Crippen molar-refractivity contribution in [2.24, 2.45) is 11.8 Å². The van der Waals surface area contributed by atoms with Gasteiger partial charge in [0.1, 0.15) is 0 Å². The first-order valence-corrected chi connectivity index (χ1v) is 9.45. The Bertz CT molecular complexity index is 435. The summed E-state index contributed by atoms with van der Waals surface area (Å²) in [6, 6.07) is 0. The van der Waals surface area contributed by atoms with Crippen LogP contribution in [-0.2, 0) is 19.4 Å². The standard InChI is InChI=1S/C17H30BrN3/c1-4-15-17(18)16(21(6-3)20-15)11-14(12-19-5-2)13-9-7-8-10-13/h13-14,19H,4-12H2,1-3H3. The smallest absolute Gasteiger partial charge is 0.0766 e. The zero-order valence-corrected chi connectivity index (χ0v) is 15.4. The summed E-state index contributed by atoms with van der Waals surface area (Å²) in [6.07, 6.45) is 7.81. The monoisotopic (exact) mass is 355 g/mol. The van der Waals surface area contributed by atoms with Crippen LogP contribution in [0.4, 0.5) is 0 Å². The number of hydrogen-bond donors (Lipinski definition) is 1. The maximum Gasteiger partial charge on any atom is 0.0766 e. The van der Waals surface area contributed by atoms with Crippen LogP contribution in [0.2, 0.25) is 0 Å². The lowest BCUT2D eigenvalue weighted by Crippen LogP contribution is -2.29. The summed E-state index contributed by atoms with van der Waals surface area (Å²) < 4.78 is 3.46. The van der Waals surface area contributed by atoms with Gasteiger partial charge >= 0.3 is 0 Å². The molecule has 1 aliphatic rings. The topological polar surface area (TPSA) is 29.9 Å². The Balaban J connectivity index is 2.16. The van der Waals surface area contributed by atoms with E-state index in [4.69, 9.17) is 5.10 Å². The highest BCUT2D eigenvalue weighted by Gasteiger charge is 2.27. The third-order valence-electron chi connectivity index (χ3n) is 4.87. The molecule has 1 fully saturated rings. The van der Waals surface area contributed by atoms with E-state index in [0.29, 0.717) is 0 Å². The number of aromatic nitrogens is 2. The fraction of sp³-hybridized carbons (Fsp3) is 0.824. The quantitative estimate of drug-likeness (QED) is 0.757. The van der Waals surface area contributed by atoms with Crippen molar-refractivity contribution in [1.29, 1.82) is 0 Å². The van der Waals surface area contributed by atoms with Crippen LogP contribution >= 0.6 is 15.9 Å². The van der Waals surface area contributed by atoms with E-state index in [1.807, 2.05) is 0 Å². The molecule has 1 aliphatic carbocycles. The van der Waals surface area contributed by atoms with Crippen molar-refractivity contribution in [3.8, 4) is 0 Å². The number of aryl methyl sites for hydroxylation is 2. The summed E-state index contributed by atoms with van der Waals surface area (Å²) in [5, 5.41) is 8.33. The highest BCUT2D eigenvalue weighted by atomic mass is 79.9. The molecule has 0 aromatic carbocycles. The second-order valence-corrected chi connectivity index (χ2v) is 6.99. The Morgan fingerprint density at radius 3 is 2.57 bits per heavy atom. The molecule has 0 amide bonds. The van der Waals surface area contributed by atoms with Crippen LogP contribution in [0.1, 0.15) is 57.8 Å². The van der Waals surface area contributed by atoms with Crippen molar-refractivity contribution >= 4 is 15.9 Å². The van der Waals surface area contributed by atoms with Crippen LogP contribution in [0.25, 0.3) is 0 Å². The minimum absolute atomic E-state index is 0.746. The summed E-state index contributed by atoms with van der Waals surface area (Å²) in [4.78, 5) is 0. The zero-order valence-electron chi connectivity index (χ0n) is 13.8. The van der Waals surface area contributed by atoms with Crippen LogP contribution in [0.3, 0.4) is 0 Å². The van der Waals surface area contributed by atoms with E-state index < -0.39 is 0 Å². The SMILES string of the molecule is CCNCC(Cc1c(Br)c(CC)nn1CC)C1CCCC1. The van der Waals surface area contributed by atoms with Gasteiger partial charge < -0.3 is 5.32 Å². The predicted octanol–water partition coefficient (Wildman–Crippen LogP) is 4.19. The second-order valence-electron chi connectivity index (χ2n) is 6.19. The van der Waals surface area contributed by atoms with Gasteiger partial charge in [-0.3, -0.25) is 4.68 Å². The van der Waals surface area contributed by atoms with E-state index in [1.54, 1.807) is 0 Å². The summed E-state index contributed by atoms with van der Waals surface area (Å²) in [6.45, 7) is 9.75. The van der Waals surface area contributed by atoms with Gasteiger partial charge in [-0.25, -0.2) is 0 Å². The van der Waals surface area contributed by atoms with Crippen LogP contribution in [0.5, 0.6) is 0 Å². The van der Waals surface area contributed by atoms with Crippen molar-refractivity contribution in [1.82, 2.24) is 15.1 Å². The Kier molecular flexibility index (Phi) is 6.74. The Morgan fingerprint density at radius 1 is 1.29 bits per heavy atom. The average molecular weight is 356 g/mol. The molecule has 0 aliphatic heterocycles. The summed E-state index contributed by atoms with van der Waals surface area (Å²) >= 11 is 3.80. The molecule has 1 aromatic heterocycles. The molecule has 1 aromatic rings. The maximum atomic E-state index is 4.76. The van der Waals surface area contributed by atoms with Gasteiger partial charge in [-0.15, -0.1) is 0 Å². The fourth-order valence-electron chi connectivity index (χ4n) is 3.62. The van der Waals surface area contributed by atoms with Gasteiger partial charge in [-0.1, -0.05) is 39.5 Å². The molecule has 1 saturated carbocycles. The van der Waals surface area contributed by atoms with Crippen molar-refractivity contribution in [3.63, 3.8) is 0 Å². The average Bonchev–Trinajstić information content (AvgIpc) is 3.12. The number of nitrogens with zero attached hydrogens (tertiary/aromatic N) is 2. The number of halogens is 1. The lowest BCUT2D eigenvalue weighted by atomic mass is 9.86. The van der Waals surface area contributed by atoms with Crippen LogP contribution in [-0.4, -0.2) is 22.9 Å². The third-order valence-corrected chi connectivity index (χ3v) is 5.79. The van der Waals surface area contributed by atoms with Crippen LogP contribution in [0.15, 0.2) is 4.47 Å². The molecule has 2 rings (SSSR count). The molecular weight excluding hydrogens is 326 g/mol. The first-order chi connectivity index (χ1) is 10.2. The largest absolute Gasteiger partial charge is 0.317 e. The van der Waals surface area contributed by atoms with Gasteiger partial charge in [0, 0.05) is 6.54 Å². The number of nitrogens with one attached hydrogen (secondary N) is 1. The predicted molar refractivity (Wildman–Crippen MR) is 92.7 cm³/mol. The van der Waals surface area contributed by atoms with E-state index in [9.17, 15) is 0 Å². The molecule has 21 heavy (non-hydrogen) atoms. The van der Waals surface area contributed by atoms with Crippen molar-refractivity contribution in [2.45, 2.75) is 65.8 Å². The lowest BCUT2D eigenvalue weighted by Gasteiger charge is -2.24. The maximum absolute atomic E-state index is 4.76. The number of hydrogen-bond acceptors (Lipinski definition) is 2. The molecular formula is C17H30BrN3. The molecule has 120 valence electrons. The first-order valence-electron chi connectivity index (χ1n) is 8.65. The molecule has 1 heterocycles. The summed E-state index contributed by atoms with van der Waals surface area (Å²) in [5.74, 6) is 1.64. The molecule has 4 heteroatoms. The molecule has 1 N–H and O–H groups in total. The number of rotatable bonds is 8. The fourth-order valence-corrected chi connectivity index (χ4v) is 4.35.